The number of carbonyl (C=O) groups is 1. The van der Waals surface area contributed by atoms with Gasteiger partial charge in [-0.2, -0.15) is 0 Å². The van der Waals surface area contributed by atoms with Gasteiger partial charge in [0, 0.05) is 12.5 Å². The number of carbonyl (C=O) groups excluding carboxylic acids is 1. The van der Waals surface area contributed by atoms with Crippen LogP contribution in [0.4, 0.5) is 0 Å². The SMILES string of the molecule is CC(C)CC(NC(=O)CC(N)c1ccccc1)c1ccccc1.Cl. The Kier molecular flexibility index (Phi) is 8.51. The molecule has 0 aliphatic carbocycles. The first-order valence-electron chi connectivity index (χ1n) is 8.21. The Bertz CT molecular complexity index is 602. The van der Waals surface area contributed by atoms with Crippen LogP contribution in [0.2, 0.25) is 0 Å². The molecular formula is C20H27ClN2O. The van der Waals surface area contributed by atoms with Crippen molar-refractivity contribution in [1.29, 1.82) is 0 Å². The van der Waals surface area contributed by atoms with Crippen LogP contribution in [-0.2, 0) is 4.79 Å². The molecule has 4 heteroatoms. The highest BCUT2D eigenvalue weighted by Crippen LogP contribution is 2.22. The second-order valence-corrected chi connectivity index (χ2v) is 6.38. The van der Waals surface area contributed by atoms with E-state index < -0.39 is 0 Å². The van der Waals surface area contributed by atoms with Crippen molar-refractivity contribution in [3.05, 3.63) is 71.8 Å². The summed E-state index contributed by atoms with van der Waals surface area (Å²) in [4.78, 5) is 12.4. The minimum absolute atomic E-state index is 0. The van der Waals surface area contributed by atoms with E-state index in [0.29, 0.717) is 12.3 Å². The number of hydrogen-bond donors (Lipinski definition) is 2. The summed E-state index contributed by atoms with van der Waals surface area (Å²) in [6.07, 6.45) is 1.21. The predicted octanol–water partition coefficient (Wildman–Crippen LogP) is 4.40. The lowest BCUT2D eigenvalue weighted by Crippen LogP contribution is -2.32. The third kappa shape index (κ3) is 6.34. The van der Waals surface area contributed by atoms with Crippen LogP contribution >= 0.6 is 12.4 Å². The smallest absolute Gasteiger partial charge is 0.222 e. The van der Waals surface area contributed by atoms with E-state index in [1.54, 1.807) is 0 Å². The molecule has 0 aliphatic heterocycles. The molecule has 0 heterocycles. The van der Waals surface area contributed by atoms with Crippen molar-refractivity contribution in [1.82, 2.24) is 5.32 Å². The largest absolute Gasteiger partial charge is 0.349 e. The van der Waals surface area contributed by atoms with Gasteiger partial charge in [0.1, 0.15) is 0 Å². The first-order valence-corrected chi connectivity index (χ1v) is 8.21. The fourth-order valence-corrected chi connectivity index (χ4v) is 2.71. The van der Waals surface area contributed by atoms with Gasteiger partial charge in [-0.05, 0) is 23.5 Å². The average molecular weight is 347 g/mol. The molecule has 130 valence electrons. The second kappa shape index (κ2) is 10.1. The van der Waals surface area contributed by atoms with Crippen molar-refractivity contribution in [3.63, 3.8) is 0 Å². The highest BCUT2D eigenvalue weighted by Gasteiger charge is 2.18. The Morgan fingerprint density at radius 1 is 0.958 bits per heavy atom. The lowest BCUT2D eigenvalue weighted by molar-refractivity contribution is -0.122. The van der Waals surface area contributed by atoms with Gasteiger partial charge >= 0.3 is 0 Å². The Morgan fingerprint density at radius 2 is 1.46 bits per heavy atom. The normalized spacial score (nSPS) is 13.0. The maximum atomic E-state index is 12.4. The fraction of sp³-hybridized carbons (Fsp3) is 0.350. The molecule has 2 aromatic rings. The topological polar surface area (TPSA) is 55.1 Å². The minimum Gasteiger partial charge on any atom is -0.349 e. The van der Waals surface area contributed by atoms with Gasteiger partial charge in [0.05, 0.1) is 6.04 Å². The summed E-state index contributed by atoms with van der Waals surface area (Å²) in [5.74, 6) is 0.499. The van der Waals surface area contributed by atoms with Gasteiger partial charge in [-0.15, -0.1) is 12.4 Å². The number of nitrogens with one attached hydrogen (secondary N) is 1. The molecule has 2 aromatic carbocycles. The molecule has 2 rings (SSSR count). The first kappa shape index (κ1) is 20.2. The number of amides is 1. The number of hydrogen-bond acceptors (Lipinski definition) is 2. The summed E-state index contributed by atoms with van der Waals surface area (Å²) in [7, 11) is 0. The molecular weight excluding hydrogens is 320 g/mol. The van der Waals surface area contributed by atoms with Crippen LogP contribution in [0.25, 0.3) is 0 Å². The minimum atomic E-state index is -0.272. The lowest BCUT2D eigenvalue weighted by Gasteiger charge is -2.22. The molecule has 0 saturated carbocycles. The van der Waals surface area contributed by atoms with Gasteiger partial charge in [-0.1, -0.05) is 74.5 Å². The summed E-state index contributed by atoms with van der Waals surface area (Å²) in [5.41, 5.74) is 8.28. The van der Waals surface area contributed by atoms with Crippen molar-refractivity contribution >= 4 is 18.3 Å². The molecule has 24 heavy (non-hydrogen) atoms. The van der Waals surface area contributed by atoms with Gasteiger partial charge in [0.2, 0.25) is 5.91 Å². The quantitative estimate of drug-likeness (QED) is 0.780. The Balaban J connectivity index is 0.00000288. The van der Waals surface area contributed by atoms with Crippen LogP contribution in [-0.4, -0.2) is 5.91 Å². The van der Waals surface area contributed by atoms with E-state index in [1.165, 1.54) is 0 Å². The van der Waals surface area contributed by atoms with E-state index in [2.05, 4.69) is 31.3 Å². The monoisotopic (exact) mass is 346 g/mol. The summed E-state index contributed by atoms with van der Waals surface area (Å²) in [5, 5.41) is 3.15. The van der Waals surface area contributed by atoms with Crippen LogP contribution in [0, 0.1) is 5.92 Å². The Hall–Kier alpha value is -1.84. The van der Waals surface area contributed by atoms with Crippen molar-refractivity contribution in [2.24, 2.45) is 11.7 Å². The molecule has 0 spiro atoms. The van der Waals surface area contributed by atoms with Gasteiger partial charge in [-0.3, -0.25) is 4.79 Å². The lowest BCUT2D eigenvalue weighted by atomic mass is 9.96. The number of nitrogens with two attached hydrogens (primary N) is 1. The third-order valence-electron chi connectivity index (χ3n) is 3.88. The van der Waals surface area contributed by atoms with E-state index in [1.807, 2.05) is 48.5 Å². The number of halogens is 1. The van der Waals surface area contributed by atoms with Crippen LogP contribution in [0.15, 0.2) is 60.7 Å². The van der Waals surface area contributed by atoms with Crippen LogP contribution in [0.3, 0.4) is 0 Å². The van der Waals surface area contributed by atoms with Crippen molar-refractivity contribution in [2.45, 2.75) is 38.8 Å². The van der Waals surface area contributed by atoms with Gasteiger partial charge in [-0.25, -0.2) is 0 Å². The first-order chi connectivity index (χ1) is 11.1. The molecule has 2 atom stereocenters. The average Bonchev–Trinajstić information content (AvgIpc) is 2.55. The molecule has 3 N–H and O–H groups in total. The second-order valence-electron chi connectivity index (χ2n) is 6.38. The molecule has 0 radical (unpaired) electrons. The van der Waals surface area contributed by atoms with Gasteiger partial charge < -0.3 is 11.1 Å². The number of benzene rings is 2. The summed E-state index contributed by atoms with van der Waals surface area (Å²) in [6, 6.07) is 19.6. The van der Waals surface area contributed by atoms with E-state index >= 15 is 0 Å². The molecule has 2 unspecified atom stereocenters. The van der Waals surface area contributed by atoms with Crippen molar-refractivity contribution in [3.8, 4) is 0 Å². The Labute approximate surface area is 151 Å². The molecule has 0 saturated heterocycles. The zero-order valence-corrected chi connectivity index (χ0v) is 15.1. The van der Waals surface area contributed by atoms with Crippen LogP contribution in [0.1, 0.15) is 49.9 Å². The van der Waals surface area contributed by atoms with Crippen molar-refractivity contribution < 1.29 is 4.79 Å². The van der Waals surface area contributed by atoms with Crippen LogP contribution in [0.5, 0.6) is 0 Å². The maximum Gasteiger partial charge on any atom is 0.222 e. The molecule has 0 aromatic heterocycles. The zero-order chi connectivity index (χ0) is 16.7. The fourth-order valence-electron chi connectivity index (χ4n) is 2.71. The standard InChI is InChI=1S/C20H26N2O.ClH/c1-15(2)13-19(17-11-7-4-8-12-17)22-20(23)14-18(21)16-9-5-3-6-10-16;/h3-12,15,18-19H,13-14,21H2,1-2H3,(H,22,23);1H. The number of rotatable bonds is 7. The van der Waals surface area contributed by atoms with E-state index in [9.17, 15) is 4.79 Å². The summed E-state index contributed by atoms with van der Waals surface area (Å²) in [6.45, 7) is 4.33. The van der Waals surface area contributed by atoms with Crippen LogP contribution < -0.4 is 11.1 Å². The van der Waals surface area contributed by atoms with Gasteiger partial charge in [0.25, 0.3) is 0 Å². The Morgan fingerprint density at radius 3 is 1.96 bits per heavy atom. The van der Waals surface area contributed by atoms with E-state index in [0.717, 1.165) is 17.5 Å². The summed E-state index contributed by atoms with van der Waals surface area (Å²) >= 11 is 0. The maximum absolute atomic E-state index is 12.4. The summed E-state index contributed by atoms with van der Waals surface area (Å²) < 4.78 is 0. The van der Waals surface area contributed by atoms with Crippen molar-refractivity contribution in [2.75, 3.05) is 0 Å². The highest BCUT2D eigenvalue weighted by atomic mass is 35.5. The van der Waals surface area contributed by atoms with E-state index in [4.69, 9.17) is 5.73 Å². The molecule has 0 aliphatic rings. The predicted molar refractivity (Wildman–Crippen MR) is 102 cm³/mol. The molecule has 1 amide bonds. The third-order valence-corrected chi connectivity index (χ3v) is 3.88. The molecule has 0 bridgehead atoms. The molecule has 0 fully saturated rings. The van der Waals surface area contributed by atoms with E-state index in [-0.39, 0.29) is 30.4 Å². The zero-order valence-electron chi connectivity index (χ0n) is 14.3. The van der Waals surface area contributed by atoms with Gasteiger partial charge in [0.15, 0.2) is 0 Å². The highest BCUT2D eigenvalue weighted by molar-refractivity contribution is 5.85. The molecule has 3 nitrogen and oxygen atoms in total.